The highest BCUT2D eigenvalue weighted by Crippen LogP contribution is 2.38. The first-order valence-corrected chi connectivity index (χ1v) is 31.5. The maximum Gasteiger partial charge on any atom is 0.306 e. The van der Waals surface area contributed by atoms with E-state index >= 15 is 0 Å². The Labute approximate surface area is 456 Å². The van der Waals surface area contributed by atoms with Gasteiger partial charge >= 0.3 is 5.97 Å². The van der Waals surface area contributed by atoms with Crippen LogP contribution in [0.5, 0.6) is 0 Å². The van der Waals surface area contributed by atoms with Crippen LogP contribution in [0.25, 0.3) is 0 Å². The van der Waals surface area contributed by atoms with Gasteiger partial charge in [0.1, 0.15) is 19.3 Å². The maximum absolute atomic E-state index is 13.5. The van der Waals surface area contributed by atoms with Crippen molar-refractivity contribution < 1.29 is 37.3 Å². The third kappa shape index (κ3) is 53.7. The molecule has 0 radical (unpaired) electrons. The van der Waals surface area contributed by atoms with E-state index in [-0.39, 0.29) is 31.3 Å². The van der Waals surface area contributed by atoms with Crippen LogP contribution in [0, 0.1) is 0 Å². The highest BCUT2D eigenvalue weighted by molar-refractivity contribution is 7.45. The Morgan fingerprint density at radius 1 is 0.486 bits per heavy atom. The third-order valence-corrected chi connectivity index (χ3v) is 13.7. The molecule has 0 aromatic carbocycles. The number of phosphoric ester groups is 1. The van der Waals surface area contributed by atoms with Crippen molar-refractivity contribution in [2.75, 3.05) is 40.9 Å². The van der Waals surface area contributed by atoms with E-state index in [2.05, 4.69) is 111 Å². The number of nitrogens with zero attached hydrogens (tertiary/aromatic N) is 1. The minimum Gasteiger partial charge on any atom is -0.756 e. The minimum atomic E-state index is -4.71. The van der Waals surface area contributed by atoms with Crippen LogP contribution in [0.4, 0.5) is 0 Å². The number of amides is 1. The molecule has 0 rings (SSSR count). The van der Waals surface area contributed by atoms with Gasteiger partial charge in [-0.25, -0.2) is 0 Å². The number of likely N-dealkylation sites (N-methyl/N-ethyl adjacent to an activating group) is 1. The normalized spacial score (nSPS) is 14.4. The van der Waals surface area contributed by atoms with Crippen molar-refractivity contribution in [2.24, 2.45) is 0 Å². The van der Waals surface area contributed by atoms with E-state index in [1.807, 2.05) is 33.3 Å². The first-order chi connectivity index (χ1) is 35.9. The van der Waals surface area contributed by atoms with Crippen LogP contribution in [0.15, 0.2) is 97.2 Å². The molecule has 74 heavy (non-hydrogen) atoms. The van der Waals surface area contributed by atoms with Gasteiger partial charge in [-0.3, -0.25) is 14.2 Å². The molecule has 3 atom stereocenters. The zero-order chi connectivity index (χ0) is 54.3. The average molecular weight is 1050 g/mol. The third-order valence-electron chi connectivity index (χ3n) is 12.7. The molecule has 0 aliphatic rings. The topological polar surface area (TPSA) is 114 Å². The Hall–Kier alpha value is -3.07. The number of hydrogen-bond donors (Lipinski definition) is 1. The van der Waals surface area contributed by atoms with Crippen molar-refractivity contribution in [3.8, 4) is 0 Å². The highest BCUT2D eigenvalue weighted by Gasteiger charge is 2.27. The van der Waals surface area contributed by atoms with Crippen LogP contribution in [0.3, 0.4) is 0 Å². The van der Waals surface area contributed by atoms with Gasteiger partial charge < -0.3 is 28.5 Å². The molecule has 1 N–H and O–H groups in total. The number of allylic oxidation sites excluding steroid dienone is 15. The number of rotatable bonds is 53. The molecule has 0 aromatic heterocycles. The van der Waals surface area contributed by atoms with Gasteiger partial charge in [0.15, 0.2) is 0 Å². The van der Waals surface area contributed by atoms with Crippen molar-refractivity contribution in [3.05, 3.63) is 97.2 Å². The van der Waals surface area contributed by atoms with Crippen molar-refractivity contribution in [3.63, 3.8) is 0 Å². The summed E-state index contributed by atoms with van der Waals surface area (Å²) < 4.78 is 30.2. The number of unbranched alkanes of at least 4 members (excludes halogenated alkanes) is 23. The molecular weight excluding hydrogens is 940 g/mol. The molecule has 0 aromatic rings. The number of carbonyl (C=O) groups excluding carboxylic acids is 2. The Morgan fingerprint density at radius 3 is 1.32 bits per heavy atom. The Bertz CT molecular complexity index is 1590. The monoisotopic (exact) mass is 1050 g/mol. The van der Waals surface area contributed by atoms with Gasteiger partial charge in [0.2, 0.25) is 5.91 Å². The molecule has 0 saturated carbocycles. The van der Waals surface area contributed by atoms with Crippen molar-refractivity contribution in [2.45, 2.75) is 258 Å². The number of carbonyl (C=O) groups is 2. The quantitative estimate of drug-likeness (QED) is 0.0212. The molecule has 3 unspecified atom stereocenters. The molecule has 1 amide bonds. The lowest BCUT2D eigenvalue weighted by atomic mass is 10.0. The lowest BCUT2D eigenvalue weighted by Gasteiger charge is -2.30. The summed E-state index contributed by atoms with van der Waals surface area (Å²) in [5, 5.41) is 3.01. The van der Waals surface area contributed by atoms with Gasteiger partial charge in [-0.05, 0) is 109 Å². The number of quaternary nitrogens is 1. The fourth-order valence-electron chi connectivity index (χ4n) is 8.11. The summed E-state index contributed by atoms with van der Waals surface area (Å²) in [6, 6.07) is -0.913. The second-order valence-electron chi connectivity index (χ2n) is 21.1. The maximum atomic E-state index is 13.5. The average Bonchev–Trinajstić information content (AvgIpc) is 3.36. The molecule has 426 valence electrons. The summed E-state index contributed by atoms with van der Waals surface area (Å²) in [6.45, 7) is 6.66. The van der Waals surface area contributed by atoms with Crippen LogP contribution < -0.4 is 10.2 Å². The smallest absolute Gasteiger partial charge is 0.306 e. The zero-order valence-corrected chi connectivity index (χ0v) is 49.4. The molecule has 0 aliphatic carbocycles. The summed E-state index contributed by atoms with van der Waals surface area (Å²) in [6.07, 6.45) is 70.8. The van der Waals surface area contributed by atoms with Crippen LogP contribution in [0.2, 0.25) is 0 Å². The van der Waals surface area contributed by atoms with E-state index < -0.39 is 26.6 Å². The summed E-state index contributed by atoms with van der Waals surface area (Å²) in [5.41, 5.74) is 0. The fraction of sp³-hybridized carbons (Fsp3) is 0.719. The van der Waals surface area contributed by atoms with Gasteiger partial charge in [0.25, 0.3) is 7.82 Å². The number of esters is 1. The summed E-state index contributed by atoms with van der Waals surface area (Å²) in [7, 11) is 1.15. The van der Waals surface area contributed by atoms with E-state index in [9.17, 15) is 19.0 Å². The standard InChI is InChI=1S/C64H113N2O7P/c1-7-10-13-16-19-22-25-28-30-31-32-33-34-35-36-38-41-44-47-50-53-56-63(67)65-61(60-72-74(69,70)71-59-58-66(4,5)6)62(55-52-49-46-43-40-37-27-24-21-18-15-12-9-3)73-64(68)57-54-51-48-45-42-39-29-26-23-20-17-14-11-8-2/h11,14,19-20,22-23,28-30,32-33,35-36,39,52,55,61-62H,7-10,12-13,15-18,21,24-27,31,34,37-38,40-51,53-54,56-60H2,1-6H3,(H-,65,67,69,70)/b14-11+,22-19-,23-20+,30-28-,33-32-,36-35-,39-29+,55-52-. The molecule has 0 aliphatic heterocycles. The Morgan fingerprint density at radius 2 is 0.865 bits per heavy atom. The minimum absolute atomic E-state index is 0.0348. The molecule has 9 nitrogen and oxygen atoms in total. The second-order valence-corrected chi connectivity index (χ2v) is 22.5. The molecular formula is C64H113N2O7P. The van der Waals surface area contributed by atoms with E-state index in [1.165, 1.54) is 83.5 Å². The van der Waals surface area contributed by atoms with E-state index in [0.29, 0.717) is 23.9 Å². The first kappa shape index (κ1) is 70.9. The van der Waals surface area contributed by atoms with Crippen molar-refractivity contribution >= 4 is 19.7 Å². The molecule has 0 fully saturated rings. The molecule has 0 spiro atoms. The number of ether oxygens (including phenoxy) is 1. The lowest BCUT2D eigenvalue weighted by Crippen LogP contribution is -2.47. The Balaban J connectivity index is 5.37. The van der Waals surface area contributed by atoms with Gasteiger partial charge in [-0.1, -0.05) is 221 Å². The van der Waals surface area contributed by atoms with Crippen LogP contribution in [0.1, 0.15) is 245 Å². The number of phosphoric acid groups is 1. The summed E-state index contributed by atoms with van der Waals surface area (Å²) in [4.78, 5) is 39.9. The van der Waals surface area contributed by atoms with Crippen LogP contribution in [-0.2, 0) is 27.9 Å². The van der Waals surface area contributed by atoms with Gasteiger partial charge in [-0.2, -0.15) is 0 Å². The highest BCUT2D eigenvalue weighted by atomic mass is 31.2. The molecule has 10 heteroatoms. The SMILES string of the molecule is CC/C=C/C/C=C/C/C=C/CCCCCCC(=O)OC(/C=C\CCCCCCCCCCCCC)C(COP(=O)([O-])OCC[N+](C)(C)C)NC(=O)CCCCCCC/C=C\C/C=C\C/C=C\C/C=C\CCCCC. The predicted octanol–water partition coefficient (Wildman–Crippen LogP) is 17.8. The Kier molecular flexibility index (Phi) is 51.1. The second kappa shape index (κ2) is 53.3. The summed E-state index contributed by atoms with van der Waals surface area (Å²) >= 11 is 0. The van der Waals surface area contributed by atoms with Gasteiger partial charge in [-0.15, -0.1) is 0 Å². The van der Waals surface area contributed by atoms with Gasteiger partial charge in [0, 0.05) is 12.8 Å². The number of nitrogens with one attached hydrogen (secondary N) is 1. The van der Waals surface area contributed by atoms with Crippen LogP contribution in [-0.4, -0.2) is 69.4 Å². The fourth-order valence-corrected chi connectivity index (χ4v) is 8.83. The largest absolute Gasteiger partial charge is 0.756 e. The van der Waals surface area contributed by atoms with Crippen LogP contribution >= 0.6 is 7.82 Å². The van der Waals surface area contributed by atoms with Crippen molar-refractivity contribution in [1.29, 1.82) is 0 Å². The summed E-state index contributed by atoms with van der Waals surface area (Å²) in [5.74, 6) is -0.593. The van der Waals surface area contributed by atoms with E-state index in [4.69, 9.17) is 13.8 Å². The molecule has 0 heterocycles. The number of hydrogen-bond acceptors (Lipinski definition) is 7. The zero-order valence-electron chi connectivity index (χ0n) is 48.5. The lowest BCUT2D eigenvalue weighted by molar-refractivity contribution is -0.870. The van der Waals surface area contributed by atoms with E-state index in [0.717, 1.165) is 116 Å². The first-order valence-electron chi connectivity index (χ1n) is 30.0. The van der Waals surface area contributed by atoms with Crippen molar-refractivity contribution in [1.82, 2.24) is 5.32 Å². The predicted molar refractivity (Wildman–Crippen MR) is 316 cm³/mol. The molecule has 0 bridgehead atoms. The van der Waals surface area contributed by atoms with E-state index in [1.54, 1.807) is 0 Å². The van der Waals surface area contributed by atoms with Gasteiger partial charge in [0.05, 0.1) is 33.8 Å². The molecule has 0 saturated heterocycles.